The summed E-state index contributed by atoms with van der Waals surface area (Å²) in [6.45, 7) is 3.77. The van der Waals surface area contributed by atoms with Crippen molar-refractivity contribution in [2.24, 2.45) is 23.7 Å². The van der Waals surface area contributed by atoms with Crippen molar-refractivity contribution >= 4 is 5.97 Å². The second-order valence-electron chi connectivity index (χ2n) is 7.47. The Morgan fingerprint density at radius 1 is 1.46 bits per heavy atom. The number of rotatable bonds is 8. The molecule has 0 radical (unpaired) electrons. The summed E-state index contributed by atoms with van der Waals surface area (Å²) < 4.78 is 0. The van der Waals surface area contributed by atoms with E-state index in [1.807, 2.05) is 31.2 Å². The number of hydrogen-bond donors (Lipinski definition) is 3. The number of carboxylic acid groups (broad SMARTS) is 1. The molecule has 2 aliphatic rings. The second-order valence-corrected chi connectivity index (χ2v) is 7.47. The zero-order valence-electron chi connectivity index (χ0n) is 15.6. The number of fused-ring (bicyclic) bond motifs is 1. The minimum absolute atomic E-state index is 0.0558. The Balaban J connectivity index is 1.91. The normalized spacial score (nSPS) is 30.1. The topological polar surface area (TPSA) is 77.8 Å². The number of carboxylic acids is 1. The summed E-state index contributed by atoms with van der Waals surface area (Å²) >= 11 is 0. The van der Waals surface area contributed by atoms with Crippen LogP contribution in [0.2, 0.25) is 0 Å². The first kappa shape index (κ1) is 20.5. The molecule has 0 aromatic rings. The molecule has 0 spiro atoms. The molecule has 0 aliphatic heterocycles. The van der Waals surface area contributed by atoms with Gasteiger partial charge in [-0.05, 0) is 43.9 Å². The number of aliphatic hydroxyl groups excluding tert-OH is 2. The van der Waals surface area contributed by atoms with Gasteiger partial charge >= 0.3 is 5.97 Å². The standard InChI is InChI=1S/C22H30O4/c1-3-4-7-15(2)20(23)11-10-18-19-13-16(8-5-6-9-22(25)26)12-17(19)14-21(18)24/h5,8,10-12,15,17-21,23-24H,6-7,9,13-14H2,1-2H3,(H,25,26)/t15?,17-,18-,19-,20+,21+/m0/s1. The molecule has 6 atom stereocenters. The number of aliphatic hydroxyl groups is 2. The van der Waals surface area contributed by atoms with Gasteiger partial charge < -0.3 is 15.3 Å². The Bertz CT molecular complexity index is 634. The minimum Gasteiger partial charge on any atom is -0.481 e. The fraction of sp³-hybridized carbons (Fsp3) is 0.591. The molecule has 0 aromatic carbocycles. The molecule has 26 heavy (non-hydrogen) atoms. The van der Waals surface area contributed by atoms with Crippen molar-refractivity contribution in [2.45, 2.75) is 58.2 Å². The summed E-state index contributed by atoms with van der Waals surface area (Å²) in [5.74, 6) is 5.91. The minimum atomic E-state index is -0.780. The molecule has 2 rings (SSSR count). The van der Waals surface area contributed by atoms with Crippen LogP contribution in [0.5, 0.6) is 0 Å². The first-order chi connectivity index (χ1) is 12.4. The highest BCUT2D eigenvalue weighted by atomic mass is 16.4. The van der Waals surface area contributed by atoms with Crippen LogP contribution in [0.3, 0.4) is 0 Å². The Kier molecular flexibility index (Phi) is 7.68. The molecule has 0 bridgehead atoms. The zero-order chi connectivity index (χ0) is 19.1. The lowest BCUT2D eigenvalue weighted by atomic mass is 9.88. The van der Waals surface area contributed by atoms with Crippen LogP contribution < -0.4 is 0 Å². The largest absolute Gasteiger partial charge is 0.481 e. The molecule has 0 saturated heterocycles. The summed E-state index contributed by atoms with van der Waals surface area (Å²) in [6, 6.07) is 0. The molecule has 4 nitrogen and oxygen atoms in total. The maximum Gasteiger partial charge on any atom is 0.303 e. The SMILES string of the molecule is CC#CCC(C)[C@H](O)C=C[C@H]1[C@H]2CC(C=CCCC(=O)O)=C[C@H]2C[C@H]1O. The van der Waals surface area contributed by atoms with E-state index in [4.69, 9.17) is 5.11 Å². The van der Waals surface area contributed by atoms with Gasteiger partial charge in [-0.2, -0.15) is 0 Å². The van der Waals surface area contributed by atoms with E-state index in [9.17, 15) is 15.0 Å². The molecular formula is C22H30O4. The van der Waals surface area contributed by atoms with Gasteiger partial charge in [0.15, 0.2) is 0 Å². The highest BCUT2D eigenvalue weighted by molar-refractivity contribution is 5.66. The van der Waals surface area contributed by atoms with Crippen molar-refractivity contribution in [1.29, 1.82) is 0 Å². The average Bonchev–Trinajstić information content (AvgIpc) is 3.10. The molecule has 2 aliphatic carbocycles. The molecule has 3 N–H and O–H groups in total. The fourth-order valence-corrected chi connectivity index (χ4v) is 3.93. The van der Waals surface area contributed by atoms with Gasteiger partial charge in [0.1, 0.15) is 0 Å². The van der Waals surface area contributed by atoms with E-state index in [1.165, 1.54) is 5.57 Å². The summed E-state index contributed by atoms with van der Waals surface area (Å²) in [5.41, 5.74) is 1.22. The predicted molar refractivity (Wildman–Crippen MR) is 102 cm³/mol. The molecule has 1 fully saturated rings. The molecular weight excluding hydrogens is 328 g/mol. The van der Waals surface area contributed by atoms with Crippen molar-refractivity contribution in [2.75, 3.05) is 0 Å². The summed E-state index contributed by atoms with van der Waals surface area (Å²) in [5, 5.41) is 29.3. The molecule has 0 amide bonds. The zero-order valence-corrected chi connectivity index (χ0v) is 15.6. The maximum atomic E-state index is 10.6. The van der Waals surface area contributed by atoms with Crippen molar-refractivity contribution in [3.05, 3.63) is 36.0 Å². The van der Waals surface area contributed by atoms with Crippen molar-refractivity contribution in [3.8, 4) is 11.8 Å². The lowest BCUT2D eigenvalue weighted by Crippen LogP contribution is -2.19. The smallest absolute Gasteiger partial charge is 0.303 e. The van der Waals surface area contributed by atoms with E-state index in [0.29, 0.717) is 24.7 Å². The molecule has 1 saturated carbocycles. The third-order valence-corrected chi connectivity index (χ3v) is 5.47. The number of allylic oxidation sites excluding steroid dienone is 4. The quantitative estimate of drug-likeness (QED) is 0.459. The Morgan fingerprint density at radius 2 is 2.23 bits per heavy atom. The van der Waals surface area contributed by atoms with Gasteiger partial charge in [-0.25, -0.2) is 0 Å². The van der Waals surface area contributed by atoms with E-state index < -0.39 is 12.1 Å². The van der Waals surface area contributed by atoms with Crippen LogP contribution in [-0.4, -0.2) is 33.5 Å². The van der Waals surface area contributed by atoms with E-state index >= 15 is 0 Å². The first-order valence-corrected chi connectivity index (χ1v) is 9.45. The Labute approximate surface area is 156 Å². The van der Waals surface area contributed by atoms with Gasteiger partial charge in [-0.1, -0.05) is 42.9 Å². The van der Waals surface area contributed by atoms with Crippen LogP contribution >= 0.6 is 0 Å². The predicted octanol–water partition coefficient (Wildman–Crippen LogP) is 3.32. The highest BCUT2D eigenvalue weighted by Gasteiger charge is 2.43. The van der Waals surface area contributed by atoms with Crippen LogP contribution in [-0.2, 0) is 4.79 Å². The van der Waals surface area contributed by atoms with Crippen LogP contribution in [0.1, 0.15) is 46.0 Å². The van der Waals surface area contributed by atoms with Crippen molar-refractivity contribution < 1.29 is 20.1 Å². The van der Waals surface area contributed by atoms with Crippen LogP contribution in [0.15, 0.2) is 36.0 Å². The molecule has 1 unspecified atom stereocenters. The molecule has 142 valence electrons. The number of hydrogen-bond acceptors (Lipinski definition) is 3. The van der Waals surface area contributed by atoms with E-state index in [-0.39, 0.29) is 24.4 Å². The number of carbonyl (C=O) groups is 1. The molecule has 4 heteroatoms. The fourth-order valence-electron chi connectivity index (χ4n) is 3.93. The van der Waals surface area contributed by atoms with Gasteiger partial charge in [0.25, 0.3) is 0 Å². The Morgan fingerprint density at radius 3 is 2.92 bits per heavy atom. The summed E-state index contributed by atoms with van der Waals surface area (Å²) in [4.78, 5) is 10.6. The van der Waals surface area contributed by atoms with Crippen LogP contribution in [0, 0.1) is 35.5 Å². The van der Waals surface area contributed by atoms with Gasteiger partial charge in [-0.15, -0.1) is 11.8 Å². The van der Waals surface area contributed by atoms with Crippen LogP contribution in [0.4, 0.5) is 0 Å². The van der Waals surface area contributed by atoms with Gasteiger partial charge in [0.2, 0.25) is 0 Å². The van der Waals surface area contributed by atoms with Crippen molar-refractivity contribution in [1.82, 2.24) is 0 Å². The molecule has 0 aromatic heterocycles. The summed E-state index contributed by atoms with van der Waals surface area (Å²) in [7, 11) is 0. The third kappa shape index (κ3) is 5.59. The van der Waals surface area contributed by atoms with Gasteiger partial charge in [0, 0.05) is 18.8 Å². The molecule has 0 heterocycles. The maximum absolute atomic E-state index is 10.6. The average molecular weight is 358 g/mol. The van der Waals surface area contributed by atoms with Crippen molar-refractivity contribution in [3.63, 3.8) is 0 Å². The third-order valence-electron chi connectivity index (χ3n) is 5.47. The Hall–Kier alpha value is -1.83. The van der Waals surface area contributed by atoms with Gasteiger partial charge in [-0.3, -0.25) is 4.79 Å². The van der Waals surface area contributed by atoms with Crippen LogP contribution in [0.25, 0.3) is 0 Å². The van der Waals surface area contributed by atoms with E-state index in [2.05, 4.69) is 17.9 Å². The van der Waals surface area contributed by atoms with Gasteiger partial charge in [0.05, 0.1) is 12.2 Å². The highest BCUT2D eigenvalue weighted by Crippen LogP contribution is 2.47. The number of aliphatic carboxylic acids is 1. The van der Waals surface area contributed by atoms with E-state index in [0.717, 1.165) is 12.8 Å². The second kappa shape index (κ2) is 9.75. The summed E-state index contributed by atoms with van der Waals surface area (Å²) in [6.07, 6.45) is 12.0. The lowest BCUT2D eigenvalue weighted by molar-refractivity contribution is -0.136. The monoisotopic (exact) mass is 358 g/mol. The first-order valence-electron chi connectivity index (χ1n) is 9.45. The lowest BCUT2D eigenvalue weighted by Gasteiger charge is -2.19. The van der Waals surface area contributed by atoms with E-state index in [1.54, 1.807) is 6.92 Å².